The van der Waals surface area contributed by atoms with E-state index >= 15 is 0 Å². The van der Waals surface area contributed by atoms with Gasteiger partial charge in [0.25, 0.3) is 0 Å². The van der Waals surface area contributed by atoms with Crippen molar-refractivity contribution in [2.75, 3.05) is 6.54 Å². The second-order valence-corrected chi connectivity index (χ2v) is 5.32. The number of nitrogens with one attached hydrogen (secondary N) is 1. The van der Waals surface area contributed by atoms with Crippen LogP contribution in [0, 0.1) is 0 Å². The second-order valence-electron chi connectivity index (χ2n) is 4.91. The highest BCUT2D eigenvalue weighted by atomic mass is 127. The lowest BCUT2D eigenvalue weighted by molar-refractivity contribution is 0.0674. The molecule has 0 fully saturated rings. The smallest absolute Gasteiger partial charge is 0.188 e. The highest BCUT2D eigenvalue weighted by Gasteiger charge is 2.25. The molecule has 6 heteroatoms. The van der Waals surface area contributed by atoms with E-state index in [1.165, 1.54) is 0 Å². The summed E-state index contributed by atoms with van der Waals surface area (Å²) >= 11 is 6.08. The maximum atomic E-state index is 10.4. The van der Waals surface area contributed by atoms with Crippen molar-refractivity contribution in [2.24, 2.45) is 10.7 Å². The summed E-state index contributed by atoms with van der Waals surface area (Å²) in [5.74, 6) is 0.335. The lowest BCUT2D eigenvalue weighted by Crippen LogP contribution is -2.39. The van der Waals surface area contributed by atoms with Crippen molar-refractivity contribution in [1.29, 1.82) is 0 Å². The van der Waals surface area contributed by atoms with Gasteiger partial charge in [-0.1, -0.05) is 36.7 Å². The Hall–Kier alpha value is -0.530. The van der Waals surface area contributed by atoms with Crippen LogP contribution in [0.5, 0.6) is 0 Å². The van der Waals surface area contributed by atoms with E-state index in [2.05, 4.69) is 17.2 Å². The molecule has 0 spiro atoms. The fourth-order valence-corrected chi connectivity index (χ4v) is 1.96. The Balaban J connectivity index is 0.00000361. The number of guanidine groups is 1. The molecule has 20 heavy (non-hydrogen) atoms. The van der Waals surface area contributed by atoms with E-state index in [9.17, 15) is 5.11 Å². The Kier molecular flexibility index (Phi) is 8.46. The Morgan fingerprint density at radius 3 is 2.65 bits per heavy atom. The van der Waals surface area contributed by atoms with Crippen LogP contribution in [0.25, 0.3) is 0 Å². The molecule has 0 aliphatic heterocycles. The van der Waals surface area contributed by atoms with E-state index in [4.69, 9.17) is 17.3 Å². The molecule has 0 amide bonds. The monoisotopic (exact) mass is 411 g/mol. The SMILES string of the molecule is CCC(C)NC(N)=NCC(C)(O)c1ccccc1Cl.I. The van der Waals surface area contributed by atoms with Gasteiger partial charge in [-0.25, -0.2) is 0 Å². The molecule has 0 radical (unpaired) electrons. The first kappa shape index (κ1) is 19.5. The maximum absolute atomic E-state index is 10.4. The van der Waals surface area contributed by atoms with Gasteiger partial charge in [0.15, 0.2) is 5.96 Å². The Labute approximate surface area is 142 Å². The van der Waals surface area contributed by atoms with E-state index in [0.29, 0.717) is 16.5 Å². The number of halogens is 2. The lowest BCUT2D eigenvalue weighted by Gasteiger charge is -2.23. The van der Waals surface area contributed by atoms with Crippen LogP contribution in [0.4, 0.5) is 0 Å². The van der Waals surface area contributed by atoms with E-state index in [1.54, 1.807) is 19.1 Å². The van der Waals surface area contributed by atoms with Crippen LogP contribution in [-0.4, -0.2) is 23.7 Å². The molecule has 0 heterocycles. The predicted octanol–water partition coefficient (Wildman–Crippen LogP) is 2.87. The summed E-state index contributed by atoms with van der Waals surface area (Å²) in [6.45, 7) is 5.92. The molecule has 0 saturated carbocycles. The van der Waals surface area contributed by atoms with E-state index in [1.807, 2.05) is 19.1 Å². The van der Waals surface area contributed by atoms with Crippen LogP contribution < -0.4 is 11.1 Å². The molecule has 114 valence electrons. The van der Waals surface area contributed by atoms with Gasteiger partial charge in [-0.15, -0.1) is 24.0 Å². The zero-order chi connectivity index (χ0) is 14.5. The van der Waals surface area contributed by atoms with Crippen LogP contribution in [0.1, 0.15) is 32.8 Å². The molecule has 4 nitrogen and oxygen atoms in total. The number of aliphatic hydroxyl groups is 1. The first-order chi connectivity index (χ1) is 8.86. The van der Waals surface area contributed by atoms with Crippen LogP contribution in [0.2, 0.25) is 5.02 Å². The number of aliphatic imine (C=N–C) groups is 1. The fourth-order valence-electron chi connectivity index (χ4n) is 1.62. The van der Waals surface area contributed by atoms with Crippen molar-refractivity contribution in [3.8, 4) is 0 Å². The molecule has 2 atom stereocenters. The van der Waals surface area contributed by atoms with Crippen molar-refractivity contribution >= 4 is 41.5 Å². The minimum Gasteiger partial charge on any atom is -0.383 e. The van der Waals surface area contributed by atoms with Gasteiger partial charge < -0.3 is 16.2 Å². The minimum atomic E-state index is -1.14. The number of hydrogen-bond acceptors (Lipinski definition) is 2. The summed E-state index contributed by atoms with van der Waals surface area (Å²) in [6, 6.07) is 7.45. The molecule has 0 bridgehead atoms. The van der Waals surface area contributed by atoms with E-state index in [-0.39, 0.29) is 36.6 Å². The third-order valence-electron chi connectivity index (χ3n) is 3.02. The van der Waals surface area contributed by atoms with E-state index in [0.717, 1.165) is 6.42 Å². The van der Waals surface area contributed by atoms with Crippen molar-refractivity contribution in [3.05, 3.63) is 34.9 Å². The third kappa shape index (κ3) is 5.85. The minimum absolute atomic E-state index is 0. The second kappa shape index (κ2) is 8.69. The lowest BCUT2D eigenvalue weighted by atomic mass is 9.96. The molecule has 0 aliphatic carbocycles. The first-order valence-electron chi connectivity index (χ1n) is 6.40. The van der Waals surface area contributed by atoms with Gasteiger partial charge in [0.1, 0.15) is 5.60 Å². The summed E-state index contributed by atoms with van der Waals surface area (Å²) < 4.78 is 0. The zero-order valence-electron chi connectivity index (χ0n) is 12.1. The number of benzene rings is 1. The first-order valence-corrected chi connectivity index (χ1v) is 6.78. The summed E-state index contributed by atoms with van der Waals surface area (Å²) in [7, 11) is 0. The molecule has 4 N–H and O–H groups in total. The Morgan fingerprint density at radius 2 is 2.10 bits per heavy atom. The zero-order valence-corrected chi connectivity index (χ0v) is 15.1. The molecule has 0 saturated heterocycles. The topological polar surface area (TPSA) is 70.6 Å². The van der Waals surface area contributed by atoms with E-state index < -0.39 is 5.60 Å². The van der Waals surface area contributed by atoms with Crippen LogP contribution in [0.15, 0.2) is 29.3 Å². The summed E-state index contributed by atoms with van der Waals surface area (Å²) in [5.41, 5.74) is 5.28. The average molecular weight is 412 g/mol. The van der Waals surface area contributed by atoms with Crippen molar-refractivity contribution in [3.63, 3.8) is 0 Å². The molecule has 0 aliphatic rings. The average Bonchev–Trinajstić information content (AvgIpc) is 2.36. The number of hydrogen-bond donors (Lipinski definition) is 3. The summed E-state index contributed by atoms with van der Waals surface area (Å²) in [6.07, 6.45) is 0.955. The summed E-state index contributed by atoms with van der Waals surface area (Å²) in [4.78, 5) is 4.18. The largest absolute Gasteiger partial charge is 0.383 e. The van der Waals surface area contributed by atoms with Crippen molar-refractivity contribution in [2.45, 2.75) is 38.8 Å². The van der Waals surface area contributed by atoms with Crippen molar-refractivity contribution in [1.82, 2.24) is 5.32 Å². The number of nitrogens with two attached hydrogens (primary N) is 1. The van der Waals surface area contributed by atoms with Gasteiger partial charge in [0, 0.05) is 16.6 Å². The van der Waals surface area contributed by atoms with Gasteiger partial charge in [-0.2, -0.15) is 0 Å². The molecular weight excluding hydrogens is 389 g/mol. The quantitative estimate of drug-likeness (QED) is 0.396. The van der Waals surface area contributed by atoms with Gasteiger partial charge in [0.05, 0.1) is 6.54 Å². The van der Waals surface area contributed by atoms with Crippen molar-refractivity contribution < 1.29 is 5.11 Å². The van der Waals surface area contributed by atoms with Gasteiger partial charge in [-0.05, 0) is 26.3 Å². The van der Waals surface area contributed by atoms with Gasteiger partial charge in [0.2, 0.25) is 0 Å². The molecule has 1 aromatic carbocycles. The standard InChI is InChI=1S/C14H22ClN3O.HI/c1-4-10(2)18-13(16)17-9-14(3,19)11-7-5-6-8-12(11)15;/h5-8,10,19H,4,9H2,1-3H3,(H3,16,17,18);1H. The fraction of sp³-hybridized carbons (Fsp3) is 0.500. The molecule has 2 unspecified atom stereocenters. The molecule has 1 aromatic rings. The highest BCUT2D eigenvalue weighted by molar-refractivity contribution is 14.0. The summed E-state index contributed by atoms with van der Waals surface area (Å²) in [5, 5.41) is 14.0. The predicted molar refractivity (Wildman–Crippen MR) is 95.8 cm³/mol. The maximum Gasteiger partial charge on any atom is 0.188 e. The van der Waals surface area contributed by atoms with Crippen LogP contribution >= 0.6 is 35.6 Å². The van der Waals surface area contributed by atoms with Crippen LogP contribution in [0.3, 0.4) is 0 Å². The number of nitrogens with zero attached hydrogens (tertiary/aromatic N) is 1. The Bertz CT molecular complexity index is 452. The molecule has 1 rings (SSSR count). The van der Waals surface area contributed by atoms with Crippen LogP contribution in [-0.2, 0) is 5.60 Å². The van der Waals surface area contributed by atoms with Gasteiger partial charge in [-0.3, -0.25) is 4.99 Å². The number of rotatable bonds is 5. The molecular formula is C14H23ClIN3O. The molecule has 0 aromatic heterocycles. The Morgan fingerprint density at radius 1 is 1.50 bits per heavy atom. The highest BCUT2D eigenvalue weighted by Crippen LogP contribution is 2.27. The normalized spacial score (nSPS) is 15.9. The van der Waals surface area contributed by atoms with Gasteiger partial charge >= 0.3 is 0 Å². The third-order valence-corrected chi connectivity index (χ3v) is 3.35.